The topological polar surface area (TPSA) is 63.7 Å². The summed E-state index contributed by atoms with van der Waals surface area (Å²) >= 11 is 0. The molecule has 1 aliphatic rings. The summed E-state index contributed by atoms with van der Waals surface area (Å²) in [5.74, 6) is -0.597. The molecular weight excluding hydrogens is 318 g/mol. The van der Waals surface area contributed by atoms with Crippen molar-refractivity contribution >= 4 is 17.7 Å². The number of carbonyl (C=O) groups is 3. The maximum atomic E-state index is 12.3. The van der Waals surface area contributed by atoms with Gasteiger partial charge in [0.2, 0.25) is 5.91 Å². The van der Waals surface area contributed by atoms with Crippen molar-refractivity contribution in [3.05, 3.63) is 65.7 Å². The normalized spacial score (nSPS) is 16.8. The standard InChI is InChI=1S/C20H19NO4/c1-14(22)16-7-9-18(10-8-16)25-20(24)17-11-19(23)21(13-17)12-15-5-3-2-4-6-15/h2-10,17H,11-13H2,1H3/t17-/m0/s1. The molecule has 1 saturated heterocycles. The Labute approximate surface area is 146 Å². The summed E-state index contributed by atoms with van der Waals surface area (Å²) in [6.07, 6.45) is 0.164. The van der Waals surface area contributed by atoms with Gasteiger partial charge in [0.05, 0.1) is 5.92 Å². The number of carbonyl (C=O) groups excluding carboxylic acids is 3. The first-order chi connectivity index (χ1) is 12.0. The maximum Gasteiger partial charge on any atom is 0.316 e. The number of ether oxygens (including phenoxy) is 1. The van der Waals surface area contributed by atoms with Crippen LogP contribution in [0.3, 0.4) is 0 Å². The van der Waals surface area contributed by atoms with Gasteiger partial charge >= 0.3 is 5.97 Å². The number of nitrogens with zero attached hydrogens (tertiary/aromatic N) is 1. The first-order valence-corrected chi connectivity index (χ1v) is 8.17. The van der Waals surface area contributed by atoms with Crippen molar-refractivity contribution in [2.24, 2.45) is 5.92 Å². The number of likely N-dealkylation sites (tertiary alicyclic amines) is 1. The van der Waals surface area contributed by atoms with Crippen LogP contribution in [0.25, 0.3) is 0 Å². The van der Waals surface area contributed by atoms with Crippen LogP contribution < -0.4 is 4.74 Å². The number of esters is 1. The minimum Gasteiger partial charge on any atom is -0.426 e. The lowest BCUT2D eigenvalue weighted by molar-refractivity contribution is -0.139. The van der Waals surface area contributed by atoms with Gasteiger partial charge in [-0.3, -0.25) is 14.4 Å². The fourth-order valence-electron chi connectivity index (χ4n) is 2.84. The highest BCUT2D eigenvalue weighted by Crippen LogP contribution is 2.23. The third-order valence-corrected chi connectivity index (χ3v) is 4.24. The Bertz CT molecular complexity index is 783. The zero-order valence-electron chi connectivity index (χ0n) is 14.0. The third-order valence-electron chi connectivity index (χ3n) is 4.24. The Hall–Kier alpha value is -2.95. The Kier molecular flexibility index (Phi) is 4.93. The fourth-order valence-corrected chi connectivity index (χ4v) is 2.84. The molecule has 0 aromatic heterocycles. The molecule has 0 unspecified atom stereocenters. The lowest BCUT2D eigenvalue weighted by Crippen LogP contribution is -2.27. The molecule has 128 valence electrons. The van der Waals surface area contributed by atoms with Crippen molar-refractivity contribution in [1.29, 1.82) is 0 Å². The molecule has 1 atom stereocenters. The molecule has 0 bridgehead atoms. The van der Waals surface area contributed by atoms with Gasteiger partial charge in [-0.1, -0.05) is 30.3 Å². The predicted molar refractivity (Wildman–Crippen MR) is 92.0 cm³/mol. The largest absolute Gasteiger partial charge is 0.426 e. The van der Waals surface area contributed by atoms with Gasteiger partial charge in [0.25, 0.3) is 0 Å². The quantitative estimate of drug-likeness (QED) is 0.478. The highest BCUT2D eigenvalue weighted by Gasteiger charge is 2.35. The molecule has 1 amide bonds. The van der Waals surface area contributed by atoms with Crippen LogP contribution in [0.1, 0.15) is 29.3 Å². The summed E-state index contributed by atoms with van der Waals surface area (Å²) in [5.41, 5.74) is 1.59. The van der Waals surface area contributed by atoms with Gasteiger partial charge < -0.3 is 9.64 Å². The zero-order chi connectivity index (χ0) is 17.8. The van der Waals surface area contributed by atoms with Crippen LogP contribution in [-0.4, -0.2) is 29.1 Å². The molecule has 0 aliphatic carbocycles. The van der Waals surface area contributed by atoms with Crippen molar-refractivity contribution in [2.75, 3.05) is 6.54 Å². The van der Waals surface area contributed by atoms with Gasteiger partial charge in [0.1, 0.15) is 5.75 Å². The van der Waals surface area contributed by atoms with Crippen LogP contribution >= 0.6 is 0 Å². The van der Waals surface area contributed by atoms with E-state index in [0.717, 1.165) is 5.56 Å². The molecule has 0 N–H and O–H groups in total. The molecule has 0 spiro atoms. The molecule has 5 heteroatoms. The molecule has 0 radical (unpaired) electrons. The van der Waals surface area contributed by atoms with Crippen LogP contribution in [-0.2, 0) is 16.1 Å². The summed E-state index contributed by atoms with van der Waals surface area (Å²) in [7, 11) is 0. The smallest absolute Gasteiger partial charge is 0.316 e. The SMILES string of the molecule is CC(=O)c1ccc(OC(=O)[C@H]2CC(=O)N(Cc3ccccc3)C2)cc1. The van der Waals surface area contributed by atoms with Gasteiger partial charge in [-0.15, -0.1) is 0 Å². The van der Waals surface area contributed by atoms with Crippen LogP contribution in [0, 0.1) is 5.92 Å². The van der Waals surface area contributed by atoms with Gasteiger partial charge in [-0.2, -0.15) is 0 Å². The highest BCUT2D eigenvalue weighted by atomic mass is 16.5. The van der Waals surface area contributed by atoms with E-state index in [9.17, 15) is 14.4 Å². The predicted octanol–water partition coefficient (Wildman–Crippen LogP) is 2.84. The Morgan fingerprint density at radius 2 is 1.76 bits per heavy atom. The van der Waals surface area contributed by atoms with Gasteiger partial charge in [-0.05, 0) is 36.8 Å². The van der Waals surface area contributed by atoms with Gasteiger partial charge in [0.15, 0.2) is 5.78 Å². The summed E-state index contributed by atoms with van der Waals surface area (Å²) in [6.45, 7) is 2.33. The van der Waals surface area contributed by atoms with Crippen LogP contribution in [0.4, 0.5) is 0 Å². The number of benzene rings is 2. The van der Waals surface area contributed by atoms with Crippen molar-refractivity contribution < 1.29 is 19.1 Å². The van der Waals surface area contributed by atoms with E-state index in [1.807, 2.05) is 30.3 Å². The van der Waals surface area contributed by atoms with E-state index < -0.39 is 11.9 Å². The van der Waals surface area contributed by atoms with E-state index >= 15 is 0 Å². The van der Waals surface area contributed by atoms with Crippen molar-refractivity contribution in [2.45, 2.75) is 19.9 Å². The first kappa shape index (κ1) is 16.9. The molecule has 2 aromatic rings. The molecule has 0 saturated carbocycles. The minimum atomic E-state index is -0.469. The second-order valence-electron chi connectivity index (χ2n) is 6.16. The second kappa shape index (κ2) is 7.30. The number of hydrogen-bond acceptors (Lipinski definition) is 4. The number of ketones is 1. The van der Waals surface area contributed by atoms with Crippen molar-refractivity contribution in [1.82, 2.24) is 4.90 Å². The molecule has 1 fully saturated rings. The second-order valence-corrected chi connectivity index (χ2v) is 6.16. The van der Waals surface area contributed by atoms with Crippen LogP contribution in [0.5, 0.6) is 5.75 Å². The van der Waals surface area contributed by atoms with Crippen molar-refractivity contribution in [3.8, 4) is 5.75 Å². The molecular formula is C20H19NO4. The van der Waals surface area contributed by atoms with E-state index in [4.69, 9.17) is 4.74 Å². The highest BCUT2D eigenvalue weighted by molar-refractivity contribution is 5.94. The van der Waals surface area contributed by atoms with Crippen molar-refractivity contribution in [3.63, 3.8) is 0 Å². The van der Waals surface area contributed by atoms with Gasteiger partial charge in [0, 0.05) is 25.1 Å². The molecule has 1 aliphatic heterocycles. The Morgan fingerprint density at radius 1 is 1.08 bits per heavy atom. The monoisotopic (exact) mass is 337 g/mol. The van der Waals surface area contributed by atoms with E-state index in [1.54, 1.807) is 29.2 Å². The van der Waals surface area contributed by atoms with E-state index in [-0.39, 0.29) is 18.1 Å². The lowest BCUT2D eigenvalue weighted by Gasteiger charge is -2.16. The average Bonchev–Trinajstić information content (AvgIpc) is 2.97. The average molecular weight is 337 g/mol. The van der Waals surface area contributed by atoms with Crippen LogP contribution in [0.15, 0.2) is 54.6 Å². The number of Topliss-reactive ketones (excluding diaryl/α,β-unsaturated/α-hetero) is 1. The number of rotatable bonds is 5. The third kappa shape index (κ3) is 4.12. The van der Waals surface area contributed by atoms with E-state index in [0.29, 0.717) is 24.4 Å². The molecule has 25 heavy (non-hydrogen) atoms. The summed E-state index contributed by atoms with van der Waals surface area (Å²) in [4.78, 5) is 37.4. The minimum absolute atomic E-state index is 0.0438. The lowest BCUT2D eigenvalue weighted by atomic mass is 10.1. The summed E-state index contributed by atoms with van der Waals surface area (Å²) in [5, 5.41) is 0. The number of amides is 1. The molecule has 2 aromatic carbocycles. The summed E-state index contributed by atoms with van der Waals surface area (Å²) < 4.78 is 5.35. The van der Waals surface area contributed by atoms with E-state index in [2.05, 4.69) is 0 Å². The zero-order valence-corrected chi connectivity index (χ0v) is 14.0. The Balaban J connectivity index is 1.59. The maximum absolute atomic E-state index is 12.3. The fraction of sp³-hybridized carbons (Fsp3) is 0.250. The van der Waals surface area contributed by atoms with E-state index in [1.165, 1.54) is 6.92 Å². The first-order valence-electron chi connectivity index (χ1n) is 8.17. The molecule has 1 heterocycles. The molecule has 3 rings (SSSR count). The molecule has 5 nitrogen and oxygen atoms in total. The summed E-state index contributed by atoms with van der Waals surface area (Å²) in [6, 6.07) is 16.1. The van der Waals surface area contributed by atoms with Gasteiger partial charge in [-0.25, -0.2) is 0 Å². The Morgan fingerprint density at radius 3 is 2.40 bits per heavy atom. The number of hydrogen-bond donors (Lipinski definition) is 0. The van der Waals surface area contributed by atoms with Crippen LogP contribution in [0.2, 0.25) is 0 Å².